The molecular formula is C19H20N4O5. The molecule has 2 heterocycles. The van der Waals surface area contributed by atoms with E-state index in [0.717, 1.165) is 5.56 Å². The third-order valence-corrected chi connectivity index (χ3v) is 4.16. The van der Waals surface area contributed by atoms with Crippen molar-refractivity contribution in [1.82, 2.24) is 19.1 Å². The number of benzene rings is 1. The van der Waals surface area contributed by atoms with Gasteiger partial charge in [0.2, 0.25) is 5.91 Å². The van der Waals surface area contributed by atoms with Crippen molar-refractivity contribution in [2.24, 2.45) is 0 Å². The highest BCUT2D eigenvalue weighted by Crippen LogP contribution is 2.13. The largest absolute Gasteiger partial charge is 0.482 e. The number of nitrogens with zero attached hydrogens (tertiary/aromatic N) is 4. The van der Waals surface area contributed by atoms with Crippen LogP contribution < -0.4 is 10.4 Å². The number of fused-ring (bicyclic) bond motifs is 1. The summed E-state index contributed by atoms with van der Waals surface area (Å²) in [7, 11) is 1.68. The monoisotopic (exact) mass is 384 g/mol. The van der Waals surface area contributed by atoms with E-state index in [1.165, 1.54) is 9.08 Å². The Labute approximate surface area is 160 Å². The van der Waals surface area contributed by atoms with Crippen LogP contribution in [0.2, 0.25) is 0 Å². The summed E-state index contributed by atoms with van der Waals surface area (Å²) in [5, 5.41) is 12.8. The van der Waals surface area contributed by atoms with Gasteiger partial charge in [0.15, 0.2) is 12.3 Å². The summed E-state index contributed by atoms with van der Waals surface area (Å²) in [6.45, 7) is 0.184. The van der Waals surface area contributed by atoms with Crippen molar-refractivity contribution < 1.29 is 19.4 Å². The van der Waals surface area contributed by atoms with Crippen molar-refractivity contribution in [3.05, 3.63) is 64.7 Å². The number of carboxylic acid groups (broad SMARTS) is 1. The Balaban J connectivity index is 1.54. The highest BCUT2D eigenvalue weighted by atomic mass is 16.5. The molecular weight excluding hydrogens is 364 g/mol. The van der Waals surface area contributed by atoms with Crippen LogP contribution in [-0.2, 0) is 22.7 Å². The fourth-order valence-corrected chi connectivity index (χ4v) is 2.70. The molecule has 0 unspecified atom stereocenters. The lowest BCUT2D eigenvalue weighted by Gasteiger charge is -2.17. The number of aromatic nitrogens is 3. The van der Waals surface area contributed by atoms with Gasteiger partial charge in [-0.1, -0.05) is 18.2 Å². The molecule has 0 aliphatic rings. The second-order valence-electron chi connectivity index (χ2n) is 6.26. The molecule has 28 heavy (non-hydrogen) atoms. The van der Waals surface area contributed by atoms with Crippen LogP contribution in [0.4, 0.5) is 0 Å². The summed E-state index contributed by atoms with van der Waals surface area (Å²) < 4.78 is 7.80. The first kappa shape index (κ1) is 19.2. The Morgan fingerprint density at radius 2 is 1.93 bits per heavy atom. The lowest BCUT2D eigenvalue weighted by Crippen LogP contribution is -2.29. The molecule has 0 saturated heterocycles. The zero-order valence-corrected chi connectivity index (χ0v) is 15.3. The minimum absolute atomic E-state index is 0.116. The molecule has 9 nitrogen and oxygen atoms in total. The van der Waals surface area contributed by atoms with Crippen LogP contribution in [0.25, 0.3) is 5.65 Å². The van der Waals surface area contributed by atoms with Crippen LogP contribution in [0.1, 0.15) is 12.0 Å². The normalized spacial score (nSPS) is 10.8. The summed E-state index contributed by atoms with van der Waals surface area (Å²) in [6, 6.07) is 12.1. The first-order valence-electron chi connectivity index (χ1n) is 8.66. The van der Waals surface area contributed by atoms with Crippen LogP contribution in [0.15, 0.2) is 53.5 Å². The van der Waals surface area contributed by atoms with Crippen molar-refractivity contribution >= 4 is 17.5 Å². The number of rotatable bonds is 8. The second-order valence-corrected chi connectivity index (χ2v) is 6.26. The standard InChI is InChI=1S/C19H20N4O5/c1-21(12-14-5-7-15(8-6-14)28-13-18(25)26)17(24)9-11-23-19(27)22-10-3-2-4-16(22)20-23/h2-8,10H,9,11-13H2,1H3,(H,25,26). The Bertz CT molecular complexity index is 1040. The summed E-state index contributed by atoms with van der Waals surface area (Å²) in [5.41, 5.74) is 1.14. The molecule has 0 radical (unpaired) electrons. The van der Waals surface area contributed by atoms with Crippen molar-refractivity contribution in [2.75, 3.05) is 13.7 Å². The van der Waals surface area contributed by atoms with Crippen molar-refractivity contribution in [3.63, 3.8) is 0 Å². The molecule has 0 aliphatic heterocycles. The molecule has 0 saturated carbocycles. The van der Waals surface area contributed by atoms with Crippen LogP contribution in [0.3, 0.4) is 0 Å². The molecule has 0 aliphatic carbocycles. The fourth-order valence-electron chi connectivity index (χ4n) is 2.70. The number of hydrogen-bond donors (Lipinski definition) is 1. The van der Waals surface area contributed by atoms with Gasteiger partial charge in [0.1, 0.15) is 5.75 Å². The Morgan fingerprint density at radius 1 is 1.18 bits per heavy atom. The number of carbonyl (C=O) groups is 2. The number of aryl methyl sites for hydroxylation is 1. The SMILES string of the molecule is CN(Cc1ccc(OCC(=O)O)cc1)C(=O)CCn1nc2ccccn2c1=O. The zero-order valence-electron chi connectivity index (χ0n) is 15.3. The average molecular weight is 384 g/mol. The number of carbonyl (C=O) groups excluding carboxylic acids is 1. The van der Waals surface area contributed by atoms with E-state index in [-0.39, 0.29) is 24.6 Å². The predicted molar refractivity (Wildman–Crippen MR) is 100 cm³/mol. The van der Waals surface area contributed by atoms with Gasteiger partial charge in [-0.05, 0) is 29.8 Å². The topological polar surface area (TPSA) is 106 Å². The van der Waals surface area contributed by atoms with Crippen LogP contribution in [0.5, 0.6) is 5.75 Å². The summed E-state index contributed by atoms with van der Waals surface area (Å²) in [6.07, 6.45) is 1.79. The summed E-state index contributed by atoms with van der Waals surface area (Å²) in [4.78, 5) is 36.7. The van der Waals surface area contributed by atoms with Gasteiger partial charge in [-0.3, -0.25) is 9.20 Å². The first-order valence-corrected chi connectivity index (χ1v) is 8.66. The lowest BCUT2D eigenvalue weighted by molar-refractivity contribution is -0.139. The predicted octanol–water partition coefficient (Wildman–Crippen LogP) is 1.01. The van der Waals surface area contributed by atoms with Crippen LogP contribution in [-0.4, -0.2) is 49.7 Å². The minimum atomic E-state index is -1.04. The van der Waals surface area contributed by atoms with E-state index in [0.29, 0.717) is 17.9 Å². The van der Waals surface area contributed by atoms with Crippen LogP contribution in [0, 0.1) is 0 Å². The maximum atomic E-state index is 12.4. The molecule has 0 fully saturated rings. The molecule has 1 N–H and O–H groups in total. The molecule has 3 aromatic rings. The highest BCUT2D eigenvalue weighted by Gasteiger charge is 2.12. The third kappa shape index (κ3) is 4.56. The van der Waals surface area contributed by atoms with Gasteiger partial charge in [0.25, 0.3) is 0 Å². The first-order chi connectivity index (χ1) is 13.4. The Morgan fingerprint density at radius 3 is 2.61 bits per heavy atom. The summed E-state index contributed by atoms with van der Waals surface area (Å²) >= 11 is 0. The highest BCUT2D eigenvalue weighted by molar-refractivity contribution is 5.75. The van der Waals surface area contributed by atoms with Gasteiger partial charge < -0.3 is 14.7 Å². The van der Waals surface area contributed by atoms with E-state index in [9.17, 15) is 14.4 Å². The van der Waals surface area contributed by atoms with Gasteiger partial charge in [-0.2, -0.15) is 0 Å². The number of pyridine rings is 1. The fraction of sp³-hybridized carbons (Fsp3) is 0.263. The number of aliphatic carboxylic acids is 1. The average Bonchev–Trinajstić information content (AvgIpc) is 3.01. The zero-order chi connectivity index (χ0) is 20.1. The number of ether oxygens (including phenoxy) is 1. The molecule has 1 aromatic carbocycles. The van der Waals surface area contributed by atoms with Crippen molar-refractivity contribution in [3.8, 4) is 5.75 Å². The molecule has 2 aromatic heterocycles. The molecule has 146 valence electrons. The van der Waals surface area contributed by atoms with Gasteiger partial charge in [0, 0.05) is 26.2 Å². The van der Waals surface area contributed by atoms with Crippen molar-refractivity contribution in [2.45, 2.75) is 19.5 Å². The lowest BCUT2D eigenvalue weighted by atomic mass is 10.2. The number of carboxylic acids is 1. The number of amides is 1. The molecule has 0 spiro atoms. The molecule has 0 bridgehead atoms. The van der Waals surface area contributed by atoms with E-state index >= 15 is 0 Å². The maximum Gasteiger partial charge on any atom is 0.350 e. The van der Waals surface area contributed by atoms with Gasteiger partial charge >= 0.3 is 11.7 Å². The van der Waals surface area contributed by atoms with E-state index in [4.69, 9.17) is 9.84 Å². The van der Waals surface area contributed by atoms with Crippen molar-refractivity contribution in [1.29, 1.82) is 0 Å². The van der Waals surface area contributed by atoms with Crippen LogP contribution >= 0.6 is 0 Å². The van der Waals surface area contributed by atoms with E-state index in [1.807, 2.05) is 0 Å². The second kappa shape index (κ2) is 8.38. The molecule has 1 amide bonds. The van der Waals surface area contributed by atoms with E-state index in [2.05, 4.69) is 5.10 Å². The molecule has 3 rings (SSSR count). The maximum absolute atomic E-state index is 12.4. The Hall–Kier alpha value is -3.62. The van der Waals surface area contributed by atoms with E-state index < -0.39 is 12.6 Å². The van der Waals surface area contributed by atoms with E-state index in [1.54, 1.807) is 60.6 Å². The summed E-state index contributed by atoms with van der Waals surface area (Å²) in [5.74, 6) is -0.708. The minimum Gasteiger partial charge on any atom is -0.482 e. The Kier molecular flexibility index (Phi) is 5.73. The van der Waals surface area contributed by atoms with Gasteiger partial charge in [-0.15, -0.1) is 5.10 Å². The molecule has 0 atom stereocenters. The quantitative estimate of drug-likeness (QED) is 0.621. The van der Waals surface area contributed by atoms with Gasteiger partial charge in [0.05, 0.1) is 6.54 Å². The number of hydrogen-bond acceptors (Lipinski definition) is 5. The third-order valence-electron chi connectivity index (χ3n) is 4.16. The molecule has 9 heteroatoms. The smallest absolute Gasteiger partial charge is 0.350 e. The van der Waals surface area contributed by atoms with Gasteiger partial charge in [-0.25, -0.2) is 14.3 Å².